The van der Waals surface area contributed by atoms with Crippen molar-refractivity contribution in [2.24, 2.45) is 0 Å². The summed E-state index contributed by atoms with van der Waals surface area (Å²) in [7, 11) is 0. The maximum atomic E-state index is 15.5. The Bertz CT molecular complexity index is 1810. The van der Waals surface area contributed by atoms with E-state index in [9.17, 15) is 0 Å². The van der Waals surface area contributed by atoms with Crippen LogP contribution in [0, 0.1) is 11.6 Å². The van der Waals surface area contributed by atoms with E-state index < -0.39 is 11.6 Å². The molecule has 0 saturated carbocycles. The Morgan fingerprint density at radius 3 is 1.55 bits per heavy atom. The molecule has 5 aromatic rings. The van der Waals surface area contributed by atoms with E-state index >= 15 is 8.78 Å². The van der Waals surface area contributed by atoms with E-state index in [1.807, 2.05) is 54.6 Å². The molecule has 0 fully saturated rings. The van der Waals surface area contributed by atoms with Crippen LogP contribution in [0.2, 0.25) is 5.02 Å². The second kappa shape index (κ2) is 19.6. The number of ether oxygens (including phenoxy) is 1. The van der Waals surface area contributed by atoms with Crippen molar-refractivity contribution in [2.45, 2.75) is 110 Å². The minimum absolute atomic E-state index is 0.172. The van der Waals surface area contributed by atoms with E-state index in [4.69, 9.17) is 16.3 Å². The van der Waals surface area contributed by atoms with Crippen molar-refractivity contribution in [2.75, 3.05) is 0 Å². The molecule has 0 radical (unpaired) electrons. The molecule has 51 heavy (non-hydrogen) atoms. The molecule has 0 saturated heterocycles. The van der Waals surface area contributed by atoms with E-state index in [0.717, 1.165) is 46.4 Å². The largest absolute Gasteiger partial charge is 0.491 e. The van der Waals surface area contributed by atoms with E-state index in [1.54, 1.807) is 12.1 Å². The van der Waals surface area contributed by atoms with Crippen LogP contribution in [-0.4, -0.2) is 6.10 Å². The Hall–Kier alpha value is -3.95. The fraction of sp³-hybridized carbons (Fsp3) is 0.362. The molecule has 4 heteroatoms. The predicted molar refractivity (Wildman–Crippen MR) is 214 cm³/mol. The first kappa shape index (κ1) is 38.3. The number of hydrogen-bond acceptors (Lipinski definition) is 1. The molecule has 5 aromatic carbocycles. The molecule has 0 aliphatic rings. The summed E-state index contributed by atoms with van der Waals surface area (Å²) in [4.78, 5) is 0. The molecule has 1 atom stereocenters. The van der Waals surface area contributed by atoms with Crippen molar-refractivity contribution in [3.8, 4) is 50.3 Å². The van der Waals surface area contributed by atoms with Crippen LogP contribution in [0.1, 0.15) is 103 Å². The van der Waals surface area contributed by atoms with Crippen LogP contribution < -0.4 is 4.74 Å². The minimum atomic E-state index is -0.482. The number of aryl methyl sites for hydroxylation is 1. The normalized spacial score (nSPS) is 11.9. The van der Waals surface area contributed by atoms with Gasteiger partial charge in [0.05, 0.1) is 6.10 Å². The molecule has 0 heterocycles. The summed E-state index contributed by atoms with van der Waals surface area (Å²) in [5.41, 5.74) is 6.84. The van der Waals surface area contributed by atoms with Gasteiger partial charge in [0.1, 0.15) is 17.4 Å². The van der Waals surface area contributed by atoms with Gasteiger partial charge in [0, 0.05) is 21.7 Å². The summed E-state index contributed by atoms with van der Waals surface area (Å²) in [6.07, 6.45) is 16.3. The van der Waals surface area contributed by atoms with Gasteiger partial charge in [0.2, 0.25) is 0 Å². The molecular weight excluding hydrogens is 654 g/mol. The third-order valence-corrected chi connectivity index (χ3v) is 10.2. The van der Waals surface area contributed by atoms with Gasteiger partial charge in [-0.05, 0) is 96.3 Å². The third kappa shape index (κ3) is 11.0. The molecule has 1 unspecified atom stereocenters. The number of benzene rings is 5. The van der Waals surface area contributed by atoms with E-state index in [2.05, 4.69) is 45.0 Å². The molecular formula is C47H53ClF2O. The lowest BCUT2D eigenvalue weighted by Crippen LogP contribution is -2.11. The van der Waals surface area contributed by atoms with Gasteiger partial charge < -0.3 is 4.74 Å². The number of hydrogen-bond donors (Lipinski definition) is 0. The van der Waals surface area contributed by atoms with Crippen LogP contribution in [0.3, 0.4) is 0 Å². The zero-order valence-electron chi connectivity index (χ0n) is 30.6. The number of halogens is 3. The molecule has 0 aliphatic carbocycles. The van der Waals surface area contributed by atoms with Crippen molar-refractivity contribution in [3.63, 3.8) is 0 Å². The molecule has 1 nitrogen and oxygen atoms in total. The summed E-state index contributed by atoms with van der Waals surface area (Å²) in [6, 6.07) is 32.1. The SMILES string of the molecule is CCCCCCCCCc1ccc(-c2ccc(-c3ccc(-c4ccc(-c5ccc(OC(C)CCCCCC)cc5)c(Cl)c4)cc3F)c(F)c2)cc1. The maximum Gasteiger partial charge on any atom is 0.131 e. The highest BCUT2D eigenvalue weighted by Gasteiger charge is 2.14. The second-order valence-corrected chi connectivity index (χ2v) is 14.4. The van der Waals surface area contributed by atoms with Crippen molar-refractivity contribution < 1.29 is 13.5 Å². The molecule has 0 aliphatic heterocycles. The molecule has 268 valence electrons. The molecule has 0 N–H and O–H groups in total. The predicted octanol–water partition coefficient (Wildman–Crippen LogP) is 15.3. The lowest BCUT2D eigenvalue weighted by Gasteiger charge is -2.15. The van der Waals surface area contributed by atoms with Crippen molar-refractivity contribution >= 4 is 11.6 Å². The van der Waals surface area contributed by atoms with Gasteiger partial charge in [-0.3, -0.25) is 0 Å². The Labute approximate surface area is 310 Å². The van der Waals surface area contributed by atoms with Crippen LogP contribution >= 0.6 is 11.6 Å². The van der Waals surface area contributed by atoms with Crippen molar-refractivity contribution in [1.82, 2.24) is 0 Å². The first-order chi connectivity index (χ1) is 24.9. The maximum absolute atomic E-state index is 15.5. The minimum Gasteiger partial charge on any atom is -0.491 e. The van der Waals surface area contributed by atoms with E-state index in [-0.39, 0.29) is 17.2 Å². The molecule has 0 bridgehead atoms. The van der Waals surface area contributed by atoms with Gasteiger partial charge in [-0.25, -0.2) is 8.78 Å². The Balaban J connectivity index is 1.20. The van der Waals surface area contributed by atoms with Gasteiger partial charge in [-0.2, -0.15) is 0 Å². The van der Waals surface area contributed by atoms with E-state index in [1.165, 1.54) is 88.3 Å². The lowest BCUT2D eigenvalue weighted by atomic mass is 9.95. The monoisotopic (exact) mass is 706 g/mol. The van der Waals surface area contributed by atoms with Gasteiger partial charge in [0.15, 0.2) is 0 Å². The Morgan fingerprint density at radius 2 is 0.980 bits per heavy atom. The summed E-state index contributed by atoms with van der Waals surface area (Å²) in [6.45, 7) is 6.59. The zero-order valence-corrected chi connectivity index (χ0v) is 31.4. The average molecular weight is 707 g/mol. The highest BCUT2D eigenvalue weighted by atomic mass is 35.5. The summed E-state index contributed by atoms with van der Waals surface area (Å²) in [5.74, 6) is -0.0834. The number of unbranched alkanes of at least 4 members (excludes halogenated alkanes) is 9. The van der Waals surface area contributed by atoms with Crippen LogP contribution in [0.15, 0.2) is 103 Å². The Kier molecular flexibility index (Phi) is 14.7. The highest BCUT2D eigenvalue weighted by Crippen LogP contribution is 2.36. The first-order valence-electron chi connectivity index (χ1n) is 19.1. The molecule has 0 aromatic heterocycles. The topological polar surface area (TPSA) is 9.23 Å². The Morgan fingerprint density at radius 1 is 0.510 bits per heavy atom. The van der Waals surface area contributed by atoms with Gasteiger partial charge in [0.25, 0.3) is 0 Å². The van der Waals surface area contributed by atoms with Crippen LogP contribution in [0.25, 0.3) is 44.5 Å². The standard InChI is InChI=1S/C47H53ClF2O/c1-4-6-8-10-11-12-14-16-35-17-19-36(20-18-35)39-24-29-43(46(49)32-39)44-30-25-40(33-47(44)50)38-23-28-42(45(48)31-38)37-21-26-41(27-22-37)51-34(3)15-13-9-7-5-2/h17-34H,4-16H2,1-3H3. The lowest BCUT2D eigenvalue weighted by molar-refractivity contribution is 0.206. The summed E-state index contributed by atoms with van der Waals surface area (Å²) in [5, 5.41) is 0.572. The molecule has 0 amide bonds. The van der Waals surface area contributed by atoms with Crippen LogP contribution in [0.5, 0.6) is 5.75 Å². The zero-order chi connectivity index (χ0) is 36.0. The van der Waals surface area contributed by atoms with Crippen LogP contribution in [-0.2, 0) is 6.42 Å². The second-order valence-electron chi connectivity index (χ2n) is 14.0. The first-order valence-corrected chi connectivity index (χ1v) is 19.5. The fourth-order valence-electron chi connectivity index (χ4n) is 6.77. The fourth-order valence-corrected chi connectivity index (χ4v) is 7.06. The molecule has 0 spiro atoms. The quantitative estimate of drug-likeness (QED) is 0.0777. The molecule has 5 rings (SSSR count). The van der Waals surface area contributed by atoms with E-state index in [0.29, 0.717) is 10.6 Å². The highest BCUT2D eigenvalue weighted by molar-refractivity contribution is 6.33. The number of rotatable bonds is 19. The van der Waals surface area contributed by atoms with Gasteiger partial charge in [-0.15, -0.1) is 0 Å². The van der Waals surface area contributed by atoms with Gasteiger partial charge >= 0.3 is 0 Å². The summed E-state index contributed by atoms with van der Waals surface area (Å²) < 4.78 is 37.1. The summed E-state index contributed by atoms with van der Waals surface area (Å²) >= 11 is 6.76. The van der Waals surface area contributed by atoms with Crippen molar-refractivity contribution in [3.05, 3.63) is 125 Å². The van der Waals surface area contributed by atoms with Crippen molar-refractivity contribution in [1.29, 1.82) is 0 Å². The average Bonchev–Trinajstić information content (AvgIpc) is 3.14. The smallest absolute Gasteiger partial charge is 0.131 e. The third-order valence-electron chi connectivity index (χ3n) is 9.85. The van der Waals surface area contributed by atoms with Crippen LogP contribution in [0.4, 0.5) is 8.78 Å². The van der Waals surface area contributed by atoms with Gasteiger partial charge in [-0.1, -0.05) is 156 Å².